The zero-order valence-electron chi connectivity index (χ0n) is 30.2. The molecule has 0 radical (unpaired) electrons. The molecule has 0 saturated heterocycles. The quantitative estimate of drug-likeness (QED) is 0.172. The summed E-state index contributed by atoms with van der Waals surface area (Å²) in [6.07, 6.45) is 0. The number of para-hydroxylation sites is 2. The van der Waals surface area contributed by atoms with Crippen molar-refractivity contribution in [2.45, 2.75) is 0 Å². The molecule has 0 aliphatic rings. The van der Waals surface area contributed by atoms with Crippen molar-refractivity contribution in [1.29, 1.82) is 0 Å². The van der Waals surface area contributed by atoms with Gasteiger partial charge in [0.05, 0.1) is 11.4 Å². The zero-order chi connectivity index (χ0) is 37.0. The molecular weight excluding hydrogens is 685 g/mol. The fourth-order valence-electron chi connectivity index (χ4n) is 8.12. The van der Waals surface area contributed by atoms with Gasteiger partial charge in [0.15, 0.2) is 5.82 Å². The lowest BCUT2D eigenvalue weighted by molar-refractivity contribution is 0.668. The van der Waals surface area contributed by atoms with Gasteiger partial charge in [-0.3, -0.25) is 0 Å². The van der Waals surface area contributed by atoms with E-state index >= 15 is 0 Å². The van der Waals surface area contributed by atoms with Crippen LogP contribution in [0.1, 0.15) is 0 Å². The van der Waals surface area contributed by atoms with Gasteiger partial charge in [-0.2, -0.15) is 0 Å². The Balaban J connectivity index is 1.05. The summed E-state index contributed by atoms with van der Waals surface area (Å²) >= 11 is 0. The number of aromatic nitrogens is 2. The Hall–Kier alpha value is -7.56. The van der Waals surface area contributed by atoms with Crippen LogP contribution in [0.5, 0.6) is 0 Å². The van der Waals surface area contributed by atoms with Gasteiger partial charge < -0.3 is 8.83 Å². The topological polar surface area (TPSA) is 52.1 Å². The van der Waals surface area contributed by atoms with E-state index in [2.05, 4.69) is 140 Å². The van der Waals surface area contributed by atoms with E-state index in [0.29, 0.717) is 5.82 Å². The fourth-order valence-corrected chi connectivity index (χ4v) is 8.12. The molecule has 4 heteroatoms. The molecule has 0 N–H and O–H groups in total. The van der Waals surface area contributed by atoms with Crippen molar-refractivity contribution in [3.63, 3.8) is 0 Å². The molecule has 3 heterocycles. The van der Waals surface area contributed by atoms with Crippen molar-refractivity contribution in [3.8, 4) is 67.3 Å². The van der Waals surface area contributed by atoms with E-state index in [4.69, 9.17) is 18.8 Å². The highest BCUT2D eigenvalue weighted by Crippen LogP contribution is 2.45. The summed E-state index contributed by atoms with van der Waals surface area (Å²) in [6.45, 7) is 0. The number of hydrogen-bond donors (Lipinski definition) is 0. The largest absolute Gasteiger partial charge is 0.456 e. The van der Waals surface area contributed by atoms with E-state index in [1.54, 1.807) is 0 Å². The van der Waals surface area contributed by atoms with Gasteiger partial charge in [-0.15, -0.1) is 0 Å². The van der Waals surface area contributed by atoms with Gasteiger partial charge in [-0.25, -0.2) is 9.97 Å². The average Bonchev–Trinajstić information content (AvgIpc) is 3.86. The molecule has 0 aliphatic carbocycles. The van der Waals surface area contributed by atoms with Crippen LogP contribution in [0.3, 0.4) is 0 Å². The standard InChI is InChI=1S/C52H32N2O2/c1-3-14-33(15-4-1)37-18-7-8-19-39(37)45-32-44(53-52(54-45)36-16-5-2-6-17-36)35-28-26-34(27-29-35)38-30-31-41(50-43-21-10-12-24-47(43)56-51(38)50)40-22-13-25-48-49(40)42-20-9-11-23-46(42)55-48/h1-32H. The minimum Gasteiger partial charge on any atom is -0.456 e. The molecule has 0 fully saturated rings. The van der Waals surface area contributed by atoms with E-state index in [1.807, 2.05) is 54.6 Å². The third kappa shape index (κ3) is 5.31. The maximum absolute atomic E-state index is 6.73. The molecular formula is C52H32N2O2. The molecule has 3 aromatic heterocycles. The maximum atomic E-state index is 6.73. The van der Waals surface area contributed by atoms with Gasteiger partial charge in [0.1, 0.15) is 22.3 Å². The highest BCUT2D eigenvalue weighted by Gasteiger charge is 2.21. The molecule has 0 amide bonds. The van der Waals surface area contributed by atoms with Crippen LogP contribution >= 0.6 is 0 Å². The molecule has 0 saturated carbocycles. The van der Waals surface area contributed by atoms with Gasteiger partial charge in [-0.05, 0) is 58.1 Å². The lowest BCUT2D eigenvalue weighted by Gasteiger charge is -2.13. The maximum Gasteiger partial charge on any atom is 0.160 e. The summed E-state index contributed by atoms with van der Waals surface area (Å²) < 4.78 is 13.0. The third-order valence-corrected chi connectivity index (χ3v) is 10.8. The highest BCUT2D eigenvalue weighted by molar-refractivity contribution is 6.21. The number of rotatable bonds is 6. The molecule has 0 bridgehead atoms. The normalized spacial score (nSPS) is 11.6. The van der Waals surface area contributed by atoms with Crippen LogP contribution in [0.4, 0.5) is 0 Å². The summed E-state index contributed by atoms with van der Waals surface area (Å²) in [7, 11) is 0. The Morgan fingerprint density at radius 3 is 1.59 bits per heavy atom. The molecule has 4 nitrogen and oxygen atoms in total. The number of nitrogens with zero attached hydrogens (tertiary/aromatic N) is 2. The van der Waals surface area contributed by atoms with Crippen LogP contribution in [0.2, 0.25) is 0 Å². The first kappa shape index (κ1) is 31.9. The van der Waals surface area contributed by atoms with Crippen molar-refractivity contribution in [2.75, 3.05) is 0 Å². The van der Waals surface area contributed by atoms with E-state index in [1.165, 1.54) is 0 Å². The first-order valence-electron chi connectivity index (χ1n) is 18.8. The van der Waals surface area contributed by atoms with Crippen LogP contribution < -0.4 is 0 Å². The van der Waals surface area contributed by atoms with E-state index in [9.17, 15) is 0 Å². The average molecular weight is 717 g/mol. The molecule has 11 rings (SSSR count). The SMILES string of the molecule is c1ccc(-c2nc(-c3ccc(-c4ccc(-c5cccc6oc7ccccc7c56)c5c4oc4ccccc45)cc3)cc(-c3ccccc3-c3ccccc3)n2)cc1. The van der Waals surface area contributed by atoms with Crippen molar-refractivity contribution in [1.82, 2.24) is 9.97 Å². The minimum atomic E-state index is 0.685. The van der Waals surface area contributed by atoms with Crippen molar-refractivity contribution in [2.24, 2.45) is 0 Å². The monoisotopic (exact) mass is 716 g/mol. The zero-order valence-corrected chi connectivity index (χ0v) is 30.2. The predicted octanol–water partition coefficient (Wildman–Crippen LogP) is 14.3. The number of hydrogen-bond acceptors (Lipinski definition) is 4. The lowest BCUT2D eigenvalue weighted by Crippen LogP contribution is -1.97. The predicted molar refractivity (Wildman–Crippen MR) is 229 cm³/mol. The van der Waals surface area contributed by atoms with E-state index in [0.717, 1.165) is 105 Å². The Labute approximate surface area is 323 Å². The number of benzene rings is 8. The first-order chi connectivity index (χ1) is 27.8. The Morgan fingerprint density at radius 1 is 0.304 bits per heavy atom. The molecule has 262 valence electrons. The number of fused-ring (bicyclic) bond motifs is 6. The smallest absolute Gasteiger partial charge is 0.160 e. The second kappa shape index (κ2) is 13.1. The third-order valence-electron chi connectivity index (χ3n) is 10.8. The second-order valence-corrected chi connectivity index (χ2v) is 14.1. The van der Waals surface area contributed by atoms with Crippen molar-refractivity contribution >= 4 is 43.9 Å². The molecule has 56 heavy (non-hydrogen) atoms. The van der Waals surface area contributed by atoms with Crippen LogP contribution in [-0.2, 0) is 0 Å². The lowest BCUT2D eigenvalue weighted by atomic mass is 9.92. The van der Waals surface area contributed by atoms with Crippen LogP contribution in [-0.4, -0.2) is 9.97 Å². The van der Waals surface area contributed by atoms with Gasteiger partial charge in [-0.1, -0.05) is 164 Å². The van der Waals surface area contributed by atoms with E-state index < -0.39 is 0 Å². The minimum absolute atomic E-state index is 0.685. The molecule has 0 aliphatic heterocycles. The summed E-state index contributed by atoms with van der Waals surface area (Å²) in [5.41, 5.74) is 14.8. The van der Waals surface area contributed by atoms with Crippen LogP contribution in [0, 0.1) is 0 Å². The van der Waals surface area contributed by atoms with Gasteiger partial charge in [0, 0.05) is 43.8 Å². The fraction of sp³-hybridized carbons (Fsp3) is 0. The summed E-state index contributed by atoms with van der Waals surface area (Å²) in [4.78, 5) is 10.3. The first-order valence-corrected chi connectivity index (χ1v) is 18.8. The van der Waals surface area contributed by atoms with E-state index in [-0.39, 0.29) is 0 Å². The summed E-state index contributed by atoms with van der Waals surface area (Å²) in [5, 5.41) is 4.38. The molecule has 8 aromatic carbocycles. The van der Waals surface area contributed by atoms with Gasteiger partial charge >= 0.3 is 0 Å². The van der Waals surface area contributed by atoms with Crippen molar-refractivity contribution < 1.29 is 8.83 Å². The number of furan rings is 2. The van der Waals surface area contributed by atoms with Crippen LogP contribution in [0.15, 0.2) is 203 Å². The second-order valence-electron chi connectivity index (χ2n) is 14.1. The summed E-state index contributed by atoms with van der Waals surface area (Å²) in [5.74, 6) is 0.685. The Bertz CT molecular complexity index is 3230. The highest BCUT2D eigenvalue weighted by atomic mass is 16.3. The Morgan fingerprint density at radius 2 is 0.821 bits per heavy atom. The van der Waals surface area contributed by atoms with Gasteiger partial charge in [0.2, 0.25) is 0 Å². The molecule has 0 spiro atoms. The molecule has 0 unspecified atom stereocenters. The van der Waals surface area contributed by atoms with Crippen LogP contribution in [0.25, 0.3) is 111 Å². The summed E-state index contributed by atoms with van der Waals surface area (Å²) in [6, 6.07) is 67.2. The molecule has 0 atom stereocenters. The Kier molecular flexibility index (Phi) is 7.46. The van der Waals surface area contributed by atoms with Crippen molar-refractivity contribution in [3.05, 3.63) is 194 Å². The molecule has 11 aromatic rings. The van der Waals surface area contributed by atoms with Gasteiger partial charge in [0.25, 0.3) is 0 Å².